The Morgan fingerprint density at radius 1 is 1.48 bits per heavy atom. The van der Waals surface area contributed by atoms with E-state index in [2.05, 4.69) is 5.32 Å². The van der Waals surface area contributed by atoms with Crippen LogP contribution in [0.5, 0.6) is 0 Å². The van der Waals surface area contributed by atoms with Crippen LogP contribution in [0.3, 0.4) is 0 Å². The molecule has 2 aliphatic rings. The summed E-state index contributed by atoms with van der Waals surface area (Å²) < 4.78 is 5.22. The molecule has 0 unspecified atom stereocenters. The molecule has 7 nitrogen and oxygen atoms in total. The zero-order valence-electron chi connectivity index (χ0n) is 12.1. The fourth-order valence-electron chi connectivity index (χ4n) is 2.33. The van der Waals surface area contributed by atoms with Crippen LogP contribution in [0.1, 0.15) is 4.88 Å². The number of primary amides is 1. The van der Waals surface area contributed by atoms with Crippen LogP contribution in [0.2, 0.25) is 0 Å². The van der Waals surface area contributed by atoms with Crippen molar-refractivity contribution >= 4 is 40.8 Å². The predicted molar refractivity (Wildman–Crippen MR) is 86.3 cm³/mol. The number of β-lactam (4-membered cyclic amide) rings is 1. The minimum atomic E-state index is -0.563. The van der Waals surface area contributed by atoms with Gasteiger partial charge < -0.3 is 15.8 Å². The molecule has 0 saturated carbocycles. The summed E-state index contributed by atoms with van der Waals surface area (Å²) in [5.41, 5.74) is 5.02. The number of nitrogens with zero attached hydrogens (tertiary/aromatic N) is 1. The minimum absolute atomic E-state index is 0.129. The van der Waals surface area contributed by atoms with E-state index in [1.807, 2.05) is 17.5 Å². The third-order valence-electron chi connectivity index (χ3n) is 3.39. The van der Waals surface area contributed by atoms with Crippen molar-refractivity contribution in [2.45, 2.75) is 17.8 Å². The highest BCUT2D eigenvalue weighted by Gasteiger charge is 2.49. The fraction of sp³-hybridized carbons (Fsp3) is 0.357. The van der Waals surface area contributed by atoms with Gasteiger partial charge in [0.25, 0.3) is 11.8 Å². The van der Waals surface area contributed by atoms with E-state index in [-0.39, 0.29) is 30.2 Å². The lowest BCUT2D eigenvalue weighted by Gasteiger charge is -2.47. The summed E-state index contributed by atoms with van der Waals surface area (Å²) in [6.07, 6.45) is 1.86. The first-order valence-corrected chi connectivity index (χ1v) is 8.85. The number of hydrogen-bond donors (Lipinski definition) is 2. The van der Waals surface area contributed by atoms with Gasteiger partial charge in [-0.05, 0) is 11.4 Å². The highest BCUT2D eigenvalue weighted by Crippen LogP contribution is 2.36. The lowest BCUT2D eigenvalue weighted by Crippen LogP contribution is -2.68. The van der Waals surface area contributed by atoms with Crippen LogP contribution in [0, 0.1) is 0 Å². The normalized spacial score (nSPS) is 22.7. The molecule has 0 aromatic carbocycles. The molecule has 9 heteroatoms. The number of ether oxygens (including phenoxy) is 1. The second kappa shape index (κ2) is 6.63. The first-order chi connectivity index (χ1) is 11.0. The van der Waals surface area contributed by atoms with E-state index in [9.17, 15) is 14.4 Å². The van der Waals surface area contributed by atoms with Gasteiger partial charge in [0.15, 0.2) is 6.61 Å². The molecule has 23 heavy (non-hydrogen) atoms. The average Bonchev–Trinajstić information content (AvgIpc) is 3.03. The van der Waals surface area contributed by atoms with E-state index in [4.69, 9.17) is 10.5 Å². The summed E-state index contributed by atoms with van der Waals surface area (Å²) in [6, 6.07) is 3.26. The van der Waals surface area contributed by atoms with Gasteiger partial charge in [0.05, 0.1) is 12.2 Å². The Hall–Kier alpha value is -2.00. The molecule has 0 spiro atoms. The molecular weight excluding hydrogens is 338 g/mol. The molecule has 2 atom stereocenters. The molecule has 0 bridgehead atoms. The lowest BCUT2D eigenvalue weighted by atomic mass is 10.1. The van der Waals surface area contributed by atoms with Gasteiger partial charge >= 0.3 is 0 Å². The first-order valence-electron chi connectivity index (χ1n) is 6.92. The molecule has 3 N–H and O–H groups in total. The molecular formula is C14H15N3O4S2. The first kappa shape index (κ1) is 15.9. The molecule has 0 radical (unpaired) electrons. The van der Waals surface area contributed by atoms with Crippen LogP contribution in [0.4, 0.5) is 0 Å². The van der Waals surface area contributed by atoms with E-state index in [1.165, 1.54) is 28.0 Å². The number of fused-ring (bicyclic) bond motifs is 1. The number of thioether (sulfide) groups is 1. The SMILES string of the molecule is NC(=O)COC1=CN2C(=O)[C@H](NC(=O)Cc3cccs3)[C@H]2SC1. The van der Waals surface area contributed by atoms with Gasteiger partial charge in [-0.1, -0.05) is 6.07 Å². The van der Waals surface area contributed by atoms with E-state index >= 15 is 0 Å². The zero-order chi connectivity index (χ0) is 16.4. The number of nitrogens with two attached hydrogens (primary N) is 1. The molecule has 3 amide bonds. The fourth-order valence-corrected chi connectivity index (χ4v) is 4.23. The van der Waals surface area contributed by atoms with E-state index in [0.29, 0.717) is 11.5 Å². The van der Waals surface area contributed by atoms with Crippen LogP contribution < -0.4 is 11.1 Å². The van der Waals surface area contributed by atoms with Crippen molar-refractivity contribution in [1.29, 1.82) is 0 Å². The molecule has 122 valence electrons. The average molecular weight is 353 g/mol. The quantitative estimate of drug-likeness (QED) is 0.703. The molecule has 2 aliphatic heterocycles. The summed E-state index contributed by atoms with van der Waals surface area (Å²) in [7, 11) is 0. The Morgan fingerprint density at radius 2 is 2.30 bits per heavy atom. The highest BCUT2D eigenvalue weighted by molar-refractivity contribution is 8.00. The molecule has 1 aromatic heterocycles. The largest absolute Gasteiger partial charge is 0.486 e. The standard InChI is InChI=1S/C14H15N3O4S2/c15-10(18)6-21-8-5-17-13(20)12(14(17)23-7-8)16-11(19)4-9-2-1-3-22-9/h1-3,5,12,14H,4,6-7H2,(H2,15,18)(H,16,19)/t12-,14+/m0/s1. The maximum atomic E-state index is 12.1. The Kier molecular flexibility index (Phi) is 4.58. The Morgan fingerprint density at radius 3 is 3.00 bits per heavy atom. The van der Waals surface area contributed by atoms with Crippen molar-refractivity contribution in [2.75, 3.05) is 12.4 Å². The van der Waals surface area contributed by atoms with Crippen molar-refractivity contribution in [2.24, 2.45) is 5.73 Å². The second-order valence-corrected chi connectivity index (χ2v) is 7.24. The van der Waals surface area contributed by atoms with Crippen molar-refractivity contribution in [3.8, 4) is 0 Å². The van der Waals surface area contributed by atoms with E-state index in [1.54, 1.807) is 6.20 Å². The molecule has 1 saturated heterocycles. The van der Waals surface area contributed by atoms with Gasteiger partial charge in [-0.2, -0.15) is 0 Å². The number of amides is 3. The molecule has 3 rings (SSSR count). The molecule has 0 aliphatic carbocycles. The molecule has 3 heterocycles. The monoisotopic (exact) mass is 353 g/mol. The lowest BCUT2D eigenvalue weighted by molar-refractivity contribution is -0.145. The summed E-state index contributed by atoms with van der Waals surface area (Å²) >= 11 is 2.99. The summed E-state index contributed by atoms with van der Waals surface area (Å²) in [4.78, 5) is 37.3. The smallest absolute Gasteiger partial charge is 0.255 e. The Bertz CT molecular complexity index is 659. The highest BCUT2D eigenvalue weighted by atomic mass is 32.2. The third-order valence-corrected chi connectivity index (χ3v) is 5.56. The van der Waals surface area contributed by atoms with Gasteiger partial charge in [0, 0.05) is 11.1 Å². The van der Waals surface area contributed by atoms with Crippen LogP contribution in [-0.4, -0.2) is 46.4 Å². The number of rotatable bonds is 6. The topological polar surface area (TPSA) is 102 Å². The molecule has 1 aromatic rings. The maximum absolute atomic E-state index is 12.1. The van der Waals surface area contributed by atoms with Gasteiger partial charge in [-0.3, -0.25) is 19.3 Å². The summed E-state index contributed by atoms with van der Waals surface area (Å²) in [6.45, 7) is -0.208. The Balaban J connectivity index is 1.54. The number of nitrogens with one attached hydrogen (secondary N) is 1. The van der Waals surface area contributed by atoms with Crippen LogP contribution in [0.25, 0.3) is 0 Å². The van der Waals surface area contributed by atoms with Crippen molar-refractivity contribution in [3.05, 3.63) is 34.3 Å². The van der Waals surface area contributed by atoms with Gasteiger partial charge in [-0.25, -0.2) is 0 Å². The zero-order valence-corrected chi connectivity index (χ0v) is 13.7. The number of carbonyl (C=O) groups excluding carboxylic acids is 3. The number of carbonyl (C=O) groups is 3. The van der Waals surface area contributed by atoms with E-state index < -0.39 is 11.9 Å². The second-order valence-electron chi connectivity index (χ2n) is 5.10. The van der Waals surface area contributed by atoms with Gasteiger partial charge in [-0.15, -0.1) is 23.1 Å². The van der Waals surface area contributed by atoms with Crippen LogP contribution in [0.15, 0.2) is 29.5 Å². The Labute approximate surface area is 140 Å². The van der Waals surface area contributed by atoms with Crippen molar-refractivity contribution < 1.29 is 19.1 Å². The van der Waals surface area contributed by atoms with Gasteiger partial charge in [0.1, 0.15) is 17.2 Å². The van der Waals surface area contributed by atoms with Crippen molar-refractivity contribution in [1.82, 2.24) is 10.2 Å². The van der Waals surface area contributed by atoms with Gasteiger partial charge in [0.2, 0.25) is 5.91 Å². The van der Waals surface area contributed by atoms with Crippen molar-refractivity contribution in [3.63, 3.8) is 0 Å². The van der Waals surface area contributed by atoms with E-state index in [0.717, 1.165) is 4.88 Å². The van der Waals surface area contributed by atoms with Crippen LogP contribution >= 0.6 is 23.1 Å². The third kappa shape index (κ3) is 3.50. The molecule has 1 fully saturated rings. The number of hydrogen-bond acceptors (Lipinski definition) is 6. The summed E-state index contributed by atoms with van der Waals surface area (Å²) in [5, 5.41) is 4.56. The summed E-state index contributed by atoms with van der Waals surface area (Å²) in [5.74, 6) is 0.153. The maximum Gasteiger partial charge on any atom is 0.255 e. The predicted octanol–water partition coefficient (Wildman–Crippen LogP) is 0.0338. The number of thiophene rings is 1. The van der Waals surface area contributed by atoms with Crippen LogP contribution in [-0.2, 0) is 25.5 Å². The minimum Gasteiger partial charge on any atom is -0.486 e.